The van der Waals surface area contributed by atoms with Crippen LogP contribution in [-0.4, -0.2) is 35.3 Å². The molecule has 20 heavy (non-hydrogen) atoms. The maximum Gasteiger partial charge on any atom is 0.393 e. The number of phenolic OH excluding ortho intramolecular Hbond substituents is 1. The first-order chi connectivity index (χ1) is 9.36. The van der Waals surface area contributed by atoms with Crippen molar-refractivity contribution in [3.8, 4) is 5.75 Å². The van der Waals surface area contributed by atoms with Crippen LogP contribution >= 0.6 is 0 Å². The summed E-state index contributed by atoms with van der Waals surface area (Å²) in [6, 6.07) is 6.92. The molecule has 0 spiro atoms. The number of alkyl halides is 3. The summed E-state index contributed by atoms with van der Waals surface area (Å²) in [5.74, 6) is -0.991. The summed E-state index contributed by atoms with van der Waals surface area (Å²) in [5, 5.41) is 9.23. The molecular weight excluding hydrogens is 267 g/mol. The van der Waals surface area contributed by atoms with Crippen molar-refractivity contribution in [3.63, 3.8) is 0 Å². The summed E-state index contributed by atoms with van der Waals surface area (Å²) in [5.41, 5.74) is 1.03. The standard InChI is InChI=1S/C15H20F3NO/c1-11(9-12-4-6-14(20)7-5-12)19-8-2-3-13(10-19)15(16,17)18/h4-7,11,13,20H,2-3,8-10H2,1H3. The first-order valence-electron chi connectivity index (χ1n) is 6.95. The average Bonchev–Trinajstić information content (AvgIpc) is 2.40. The number of nitrogens with zero attached hydrogens (tertiary/aromatic N) is 1. The van der Waals surface area contributed by atoms with E-state index in [1.54, 1.807) is 12.1 Å². The SMILES string of the molecule is CC(Cc1ccc(O)cc1)N1CCCC(C(F)(F)F)C1. The maximum atomic E-state index is 12.8. The van der Waals surface area contributed by atoms with E-state index in [1.807, 2.05) is 24.0 Å². The molecule has 1 N–H and O–H groups in total. The van der Waals surface area contributed by atoms with Gasteiger partial charge < -0.3 is 5.11 Å². The molecule has 2 nitrogen and oxygen atoms in total. The average molecular weight is 287 g/mol. The summed E-state index contributed by atoms with van der Waals surface area (Å²) in [7, 11) is 0. The Morgan fingerprint density at radius 2 is 1.95 bits per heavy atom. The molecule has 5 heteroatoms. The molecule has 1 saturated heterocycles. The van der Waals surface area contributed by atoms with E-state index >= 15 is 0 Å². The van der Waals surface area contributed by atoms with Crippen molar-refractivity contribution in [1.82, 2.24) is 4.90 Å². The fraction of sp³-hybridized carbons (Fsp3) is 0.600. The summed E-state index contributed by atoms with van der Waals surface area (Å²) in [6.07, 6.45) is -2.54. The van der Waals surface area contributed by atoms with E-state index in [0.717, 1.165) is 12.1 Å². The minimum atomic E-state index is -4.09. The number of halogens is 3. The minimum Gasteiger partial charge on any atom is -0.508 e. The number of phenols is 1. The Morgan fingerprint density at radius 1 is 1.30 bits per heavy atom. The lowest BCUT2D eigenvalue weighted by molar-refractivity contribution is -0.188. The van der Waals surface area contributed by atoms with Crippen LogP contribution < -0.4 is 0 Å². The summed E-state index contributed by atoms with van der Waals surface area (Å²) in [6.45, 7) is 2.79. The van der Waals surface area contributed by atoms with Gasteiger partial charge in [-0.1, -0.05) is 12.1 Å². The van der Waals surface area contributed by atoms with Crippen LogP contribution in [0.2, 0.25) is 0 Å². The van der Waals surface area contributed by atoms with E-state index in [1.165, 1.54) is 0 Å². The highest BCUT2D eigenvalue weighted by Gasteiger charge is 2.42. The molecule has 1 heterocycles. The van der Waals surface area contributed by atoms with Crippen molar-refractivity contribution in [2.24, 2.45) is 5.92 Å². The Balaban J connectivity index is 1.95. The lowest BCUT2D eigenvalue weighted by atomic mass is 9.95. The Kier molecular flexibility index (Phi) is 4.58. The molecular formula is C15H20F3NO. The highest BCUT2D eigenvalue weighted by Crippen LogP contribution is 2.34. The van der Waals surface area contributed by atoms with Crippen LogP contribution in [0.1, 0.15) is 25.3 Å². The topological polar surface area (TPSA) is 23.5 Å². The van der Waals surface area contributed by atoms with E-state index < -0.39 is 12.1 Å². The van der Waals surface area contributed by atoms with E-state index in [9.17, 15) is 18.3 Å². The molecule has 0 saturated carbocycles. The zero-order valence-corrected chi connectivity index (χ0v) is 11.5. The lowest BCUT2D eigenvalue weighted by Crippen LogP contribution is -2.46. The van der Waals surface area contributed by atoms with E-state index in [2.05, 4.69) is 0 Å². The summed E-state index contributed by atoms with van der Waals surface area (Å²) < 4.78 is 38.4. The van der Waals surface area contributed by atoms with Crippen molar-refractivity contribution < 1.29 is 18.3 Å². The van der Waals surface area contributed by atoms with Crippen molar-refractivity contribution in [2.45, 2.75) is 38.4 Å². The van der Waals surface area contributed by atoms with Crippen molar-refractivity contribution in [3.05, 3.63) is 29.8 Å². The van der Waals surface area contributed by atoms with Gasteiger partial charge in [-0.05, 0) is 50.4 Å². The number of rotatable bonds is 3. The molecule has 1 aliphatic rings. The maximum absolute atomic E-state index is 12.8. The molecule has 1 fully saturated rings. The van der Waals surface area contributed by atoms with Gasteiger partial charge in [0, 0.05) is 12.6 Å². The third kappa shape index (κ3) is 3.88. The predicted octanol–water partition coefficient (Wildman–Crippen LogP) is 3.60. The second kappa shape index (κ2) is 6.04. The second-order valence-electron chi connectivity index (χ2n) is 5.60. The molecule has 1 aromatic carbocycles. The number of piperidine rings is 1. The van der Waals surface area contributed by atoms with Crippen molar-refractivity contribution in [1.29, 1.82) is 0 Å². The molecule has 0 radical (unpaired) electrons. The van der Waals surface area contributed by atoms with Crippen LogP contribution in [0.3, 0.4) is 0 Å². The van der Waals surface area contributed by atoms with Crippen molar-refractivity contribution in [2.75, 3.05) is 13.1 Å². The molecule has 1 aliphatic heterocycles. The lowest BCUT2D eigenvalue weighted by Gasteiger charge is -2.37. The van der Waals surface area contributed by atoms with Gasteiger partial charge in [0.25, 0.3) is 0 Å². The Hall–Kier alpha value is -1.23. The Labute approximate surface area is 117 Å². The van der Waals surface area contributed by atoms with Crippen LogP contribution in [0.4, 0.5) is 13.2 Å². The van der Waals surface area contributed by atoms with Gasteiger partial charge in [0.05, 0.1) is 5.92 Å². The normalized spacial score (nSPS) is 22.7. The van der Waals surface area contributed by atoms with E-state index in [-0.39, 0.29) is 24.8 Å². The van der Waals surface area contributed by atoms with Gasteiger partial charge in [-0.15, -0.1) is 0 Å². The van der Waals surface area contributed by atoms with Gasteiger partial charge in [0.15, 0.2) is 0 Å². The Morgan fingerprint density at radius 3 is 2.55 bits per heavy atom. The van der Waals surface area contributed by atoms with Crippen molar-refractivity contribution >= 4 is 0 Å². The zero-order valence-electron chi connectivity index (χ0n) is 11.5. The largest absolute Gasteiger partial charge is 0.508 e. The number of aromatic hydroxyl groups is 1. The number of likely N-dealkylation sites (tertiary alicyclic amines) is 1. The summed E-state index contributed by atoms with van der Waals surface area (Å²) >= 11 is 0. The van der Waals surface area contributed by atoms with Crippen LogP contribution in [0.5, 0.6) is 5.75 Å². The van der Waals surface area contributed by atoms with Gasteiger partial charge in [-0.3, -0.25) is 4.90 Å². The predicted molar refractivity (Wildman–Crippen MR) is 71.6 cm³/mol. The van der Waals surface area contributed by atoms with E-state index in [0.29, 0.717) is 12.8 Å². The van der Waals surface area contributed by atoms with Gasteiger partial charge in [-0.25, -0.2) is 0 Å². The number of hydrogen-bond donors (Lipinski definition) is 1. The number of hydrogen-bond acceptors (Lipinski definition) is 2. The molecule has 0 aliphatic carbocycles. The van der Waals surface area contributed by atoms with Crippen LogP contribution in [0.15, 0.2) is 24.3 Å². The third-order valence-electron chi connectivity index (χ3n) is 4.01. The quantitative estimate of drug-likeness (QED) is 0.918. The second-order valence-corrected chi connectivity index (χ2v) is 5.60. The van der Waals surface area contributed by atoms with Crippen LogP contribution in [0, 0.1) is 5.92 Å². The molecule has 1 aromatic rings. The molecule has 112 valence electrons. The number of benzene rings is 1. The first kappa shape index (κ1) is 15.2. The molecule has 2 unspecified atom stereocenters. The van der Waals surface area contributed by atoms with Crippen LogP contribution in [0.25, 0.3) is 0 Å². The fourth-order valence-corrected chi connectivity index (χ4v) is 2.78. The van der Waals surface area contributed by atoms with Crippen LogP contribution in [-0.2, 0) is 6.42 Å². The van der Waals surface area contributed by atoms with Gasteiger partial charge in [0.2, 0.25) is 0 Å². The van der Waals surface area contributed by atoms with E-state index in [4.69, 9.17) is 0 Å². The third-order valence-corrected chi connectivity index (χ3v) is 4.01. The fourth-order valence-electron chi connectivity index (χ4n) is 2.78. The monoisotopic (exact) mass is 287 g/mol. The molecule has 0 bridgehead atoms. The minimum absolute atomic E-state index is 0.0738. The summed E-state index contributed by atoms with van der Waals surface area (Å²) in [4.78, 5) is 1.93. The highest BCUT2D eigenvalue weighted by atomic mass is 19.4. The molecule has 0 aromatic heterocycles. The first-order valence-corrected chi connectivity index (χ1v) is 6.95. The van der Waals surface area contributed by atoms with Gasteiger partial charge in [-0.2, -0.15) is 13.2 Å². The zero-order chi connectivity index (χ0) is 14.8. The molecule has 2 rings (SSSR count). The van der Waals surface area contributed by atoms with Gasteiger partial charge in [0.1, 0.15) is 5.75 Å². The molecule has 0 amide bonds. The highest BCUT2D eigenvalue weighted by molar-refractivity contribution is 5.26. The Bertz CT molecular complexity index is 430. The van der Waals surface area contributed by atoms with Gasteiger partial charge >= 0.3 is 6.18 Å². The molecule has 2 atom stereocenters. The smallest absolute Gasteiger partial charge is 0.393 e.